The van der Waals surface area contributed by atoms with E-state index in [2.05, 4.69) is 33.0 Å². The van der Waals surface area contributed by atoms with Crippen molar-refractivity contribution in [3.8, 4) is 0 Å². The number of carbonyl (C=O) groups is 1. The summed E-state index contributed by atoms with van der Waals surface area (Å²) in [6.45, 7) is 4.45. The first-order chi connectivity index (χ1) is 16.4. The molecule has 1 atom stereocenters. The number of fused-ring (bicyclic) bond motifs is 2. The van der Waals surface area contributed by atoms with E-state index in [1.165, 1.54) is 21.6 Å². The molecule has 2 heterocycles. The summed E-state index contributed by atoms with van der Waals surface area (Å²) in [5.74, 6) is 0. The van der Waals surface area contributed by atoms with E-state index in [9.17, 15) is 13.2 Å². The van der Waals surface area contributed by atoms with Crippen molar-refractivity contribution >= 4 is 27.6 Å². The molecule has 1 N–H and O–H groups in total. The number of aryl methyl sites for hydroxylation is 3. The van der Waals surface area contributed by atoms with E-state index in [1.54, 1.807) is 17.9 Å². The molecule has 2 amide bonds. The molecule has 1 fully saturated rings. The van der Waals surface area contributed by atoms with Gasteiger partial charge in [0.15, 0.2) is 6.03 Å². The molecule has 2 aromatic rings. The molecule has 5 rings (SSSR count). The number of nitrogens with one attached hydrogen (secondary N) is 1. The third kappa shape index (κ3) is 5.41. The zero-order chi connectivity index (χ0) is 23.9. The van der Waals surface area contributed by atoms with Crippen molar-refractivity contribution in [1.29, 1.82) is 0 Å². The first kappa shape index (κ1) is 26.5. The Hall–Kier alpha value is -1.59. The number of rotatable bonds is 6. The fourth-order valence-electron chi connectivity index (χ4n) is 5.81. The Morgan fingerprint density at radius 1 is 1.17 bits per heavy atom. The maximum Gasteiger partial charge on any atom is 1.00 e. The van der Waals surface area contributed by atoms with Crippen molar-refractivity contribution in [3.63, 3.8) is 0 Å². The van der Waals surface area contributed by atoms with Crippen molar-refractivity contribution in [2.24, 2.45) is 7.05 Å². The molecule has 0 saturated carbocycles. The molecule has 1 saturated heterocycles. The number of aromatic nitrogens is 2. The van der Waals surface area contributed by atoms with Crippen LogP contribution in [0.4, 0.5) is 16.2 Å². The number of carbonyl (C=O) groups excluding carboxylic acids is 1. The van der Waals surface area contributed by atoms with Gasteiger partial charge in [-0.25, -0.2) is 8.42 Å². The van der Waals surface area contributed by atoms with Gasteiger partial charge in [-0.3, -0.25) is 13.8 Å². The maximum atomic E-state index is 13.5. The predicted octanol–water partition coefficient (Wildman–Crippen LogP) is 0.543. The van der Waals surface area contributed by atoms with Crippen LogP contribution in [0.5, 0.6) is 0 Å². The quantitative estimate of drug-likeness (QED) is 0.574. The minimum atomic E-state index is -4.27. The fourth-order valence-corrected chi connectivity index (χ4v) is 7.06. The monoisotopic (exact) mass is 508 g/mol. The predicted molar refractivity (Wildman–Crippen MR) is 133 cm³/mol. The minimum Gasteiger partial charge on any atom is -0.423 e. The van der Waals surface area contributed by atoms with Gasteiger partial charge in [-0.1, -0.05) is 13.0 Å². The van der Waals surface area contributed by atoms with Crippen LogP contribution in [0.15, 0.2) is 18.5 Å². The van der Waals surface area contributed by atoms with Gasteiger partial charge in [-0.05, 0) is 92.4 Å². The van der Waals surface area contributed by atoms with Gasteiger partial charge in [0.1, 0.15) is 0 Å². The molecule has 9 nitrogen and oxygen atoms in total. The largest absolute Gasteiger partial charge is 1.00 e. The van der Waals surface area contributed by atoms with Crippen LogP contribution in [0, 0.1) is 0 Å². The number of benzene rings is 1. The van der Waals surface area contributed by atoms with Gasteiger partial charge < -0.3 is 14.9 Å². The smallest absolute Gasteiger partial charge is 0.423 e. The number of likely N-dealkylation sites (N-methyl/N-ethyl adjacent to an activating group) is 1. The van der Waals surface area contributed by atoms with Crippen LogP contribution in [-0.2, 0) is 42.9 Å². The maximum absolute atomic E-state index is 13.5. The van der Waals surface area contributed by atoms with Crippen LogP contribution in [0.1, 0.15) is 54.9 Å². The molecule has 3 aliphatic rings. The molecule has 2 aliphatic carbocycles. The number of hydrogen-bond donors (Lipinski definition) is 1. The Morgan fingerprint density at radius 2 is 1.86 bits per heavy atom. The average Bonchev–Trinajstić information content (AvgIpc) is 3.54. The Balaban J connectivity index is 0.00000289. The van der Waals surface area contributed by atoms with Gasteiger partial charge in [0.05, 0.1) is 17.9 Å². The van der Waals surface area contributed by atoms with Crippen LogP contribution < -0.4 is 39.2 Å². The minimum absolute atomic E-state index is 0. The van der Waals surface area contributed by atoms with E-state index in [4.69, 9.17) is 0 Å². The fraction of sp³-hybridized carbons (Fsp3) is 0.583. The molecule has 0 radical (unpaired) electrons. The van der Waals surface area contributed by atoms with Crippen molar-refractivity contribution in [2.45, 2.75) is 64.3 Å². The molecule has 1 aromatic carbocycles. The molecular formula is C24H33N6NaO3S. The van der Waals surface area contributed by atoms with E-state index in [-0.39, 0.29) is 35.6 Å². The number of hydrogen-bond acceptors (Lipinski definition) is 5. The Kier molecular flexibility index (Phi) is 8.17. The molecule has 1 aromatic heterocycles. The Bertz CT molecular complexity index is 1170. The standard InChI is InChI=1S/C24H34N6O3S.Na/c1-3-29-12-6-9-19(16-29)30(20-14-25-28(2)15-20)34(32,33)27-24(31)26-23-21-10-4-7-17(21)13-18-8-5-11-22(18)23;/h13-15,19H,3-12,16H2,1-2H3,(H2,26,27,31);/q;+1/p-1. The summed E-state index contributed by atoms with van der Waals surface area (Å²) in [6, 6.07) is 1.15. The summed E-state index contributed by atoms with van der Waals surface area (Å²) in [5.41, 5.74) is 6.08. The zero-order valence-corrected chi connectivity index (χ0v) is 23.8. The van der Waals surface area contributed by atoms with E-state index >= 15 is 0 Å². The molecule has 11 heteroatoms. The zero-order valence-electron chi connectivity index (χ0n) is 21.0. The summed E-state index contributed by atoms with van der Waals surface area (Å²) in [6.07, 6.45) is 10.7. The van der Waals surface area contributed by atoms with Crippen molar-refractivity contribution in [2.75, 3.05) is 29.3 Å². The van der Waals surface area contributed by atoms with Crippen LogP contribution in [0.3, 0.4) is 0 Å². The number of amides is 2. The molecule has 35 heavy (non-hydrogen) atoms. The van der Waals surface area contributed by atoms with Gasteiger partial charge in [0, 0.05) is 19.8 Å². The van der Waals surface area contributed by atoms with Crippen LogP contribution in [0.25, 0.3) is 4.72 Å². The van der Waals surface area contributed by atoms with Crippen LogP contribution >= 0.6 is 0 Å². The van der Waals surface area contributed by atoms with Gasteiger partial charge >= 0.3 is 29.6 Å². The van der Waals surface area contributed by atoms with Gasteiger partial charge in [0.25, 0.3) is 10.2 Å². The second-order valence-corrected chi connectivity index (χ2v) is 11.1. The SMILES string of the molecule is CCN1CCCC(N(c2cnn(C)c2)S(=O)(=O)[N-]C(=O)Nc2c3c(cc4c2CCC4)CCC3)C1.[Na+]. The molecule has 0 bridgehead atoms. The average molecular weight is 509 g/mol. The summed E-state index contributed by atoms with van der Waals surface area (Å²) in [7, 11) is -2.53. The topological polar surface area (TPSA) is 102 Å². The Labute approximate surface area is 230 Å². The first-order valence-corrected chi connectivity index (χ1v) is 13.7. The second kappa shape index (κ2) is 10.8. The summed E-state index contributed by atoms with van der Waals surface area (Å²) in [4.78, 5) is 15.3. The summed E-state index contributed by atoms with van der Waals surface area (Å²) < 4.78 is 33.7. The molecular weight excluding hydrogens is 475 g/mol. The van der Waals surface area contributed by atoms with Gasteiger partial charge in [0.2, 0.25) is 0 Å². The molecule has 1 unspecified atom stereocenters. The van der Waals surface area contributed by atoms with E-state index in [0.717, 1.165) is 74.8 Å². The second-order valence-electron chi connectivity index (χ2n) is 9.59. The first-order valence-electron chi connectivity index (χ1n) is 12.3. The van der Waals surface area contributed by atoms with Crippen LogP contribution in [-0.4, -0.2) is 54.8 Å². The molecule has 1 aliphatic heterocycles. The number of piperidine rings is 1. The van der Waals surface area contributed by atoms with E-state index in [0.29, 0.717) is 18.7 Å². The number of nitrogens with zero attached hydrogens (tertiary/aromatic N) is 5. The third-order valence-electron chi connectivity index (χ3n) is 7.36. The van der Waals surface area contributed by atoms with Gasteiger partial charge in [-0.15, -0.1) is 0 Å². The summed E-state index contributed by atoms with van der Waals surface area (Å²) >= 11 is 0. The number of urea groups is 1. The van der Waals surface area contributed by atoms with Crippen LogP contribution in [0.2, 0.25) is 0 Å². The van der Waals surface area contributed by atoms with Crippen molar-refractivity contribution in [3.05, 3.63) is 45.4 Å². The summed E-state index contributed by atoms with van der Waals surface area (Å²) in [5, 5.41) is 7.06. The van der Waals surface area contributed by atoms with E-state index < -0.39 is 16.2 Å². The van der Waals surface area contributed by atoms with E-state index in [1.807, 2.05) is 0 Å². The normalized spacial score (nSPS) is 19.5. The van der Waals surface area contributed by atoms with Crippen molar-refractivity contribution < 1.29 is 42.8 Å². The van der Waals surface area contributed by atoms with Crippen molar-refractivity contribution in [1.82, 2.24) is 14.7 Å². The molecule has 0 spiro atoms. The molecule has 184 valence electrons. The number of likely N-dealkylation sites (tertiary alicyclic amines) is 1. The number of anilines is 2. The Morgan fingerprint density at radius 3 is 2.46 bits per heavy atom. The third-order valence-corrected chi connectivity index (χ3v) is 8.76. The van der Waals surface area contributed by atoms with Gasteiger partial charge in [-0.2, -0.15) is 5.10 Å².